The minimum atomic E-state index is -0.349. The van der Waals surface area contributed by atoms with E-state index in [4.69, 9.17) is 5.73 Å². The van der Waals surface area contributed by atoms with Crippen molar-refractivity contribution in [2.45, 2.75) is 6.92 Å². The van der Waals surface area contributed by atoms with Gasteiger partial charge < -0.3 is 10.6 Å². The molecule has 0 radical (unpaired) electrons. The highest BCUT2D eigenvalue weighted by atomic mass is 16.6. The fraction of sp³-hybridized carbons (Fsp3) is 0.462. The van der Waals surface area contributed by atoms with E-state index in [1.807, 2.05) is 22.8 Å². The summed E-state index contributed by atoms with van der Waals surface area (Å²) in [5, 5.41) is 11.1. The molecule has 7 nitrogen and oxygen atoms in total. The second-order valence-corrected chi connectivity index (χ2v) is 4.93. The van der Waals surface area contributed by atoms with E-state index in [0.29, 0.717) is 31.9 Å². The molecule has 0 atom stereocenters. The summed E-state index contributed by atoms with van der Waals surface area (Å²) in [4.78, 5) is 25.6. The molecule has 7 heteroatoms. The second kappa shape index (κ2) is 5.87. The third-order valence-corrected chi connectivity index (χ3v) is 3.48. The molecule has 1 aliphatic rings. The van der Waals surface area contributed by atoms with Crippen LogP contribution < -0.4 is 10.6 Å². The van der Waals surface area contributed by atoms with Crippen molar-refractivity contribution in [1.82, 2.24) is 4.90 Å². The van der Waals surface area contributed by atoms with Crippen molar-refractivity contribution in [3.05, 3.63) is 33.9 Å². The Balaban J connectivity index is 2.14. The molecule has 1 aromatic carbocycles. The second-order valence-electron chi connectivity index (χ2n) is 4.93. The van der Waals surface area contributed by atoms with E-state index in [1.165, 1.54) is 6.07 Å². The summed E-state index contributed by atoms with van der Waals surface area (Å²) in [7, 11) is 0. The zero-order valence-corrected chi connectivity index (χ0v) is 11.4. The number of benzene rings is 1. The van der Waals surface area contributed by atoms with Gasteiger partial charge in [-0.3, -0.25) is 19.8 Å². The Morgan fingerprint density at radius 1 is 1.35 bits per heavy atom. The Kier molecular flexibility index (Phi) is 4.19. The van der Waals surface area contributed by atoms with Gasteiger partial charge in [0.05, 0.1) is 11.5 Å². The number of hydrogen-bond donors (Lipinski definition) is 1. The quantitative estimate of drug-likeness (QED) is 0.640. The Labute approximate surface area is 117 Å². The van der Waals surface area contributed by atoms with Crippen LogP contribution >= 0.6 is 0 Å². The normalized spacial score (nSPS) is 16.1. The average Bonchev–Trinajstić information content (AvgIpc) is 2.39. The number of piperazine rings is 1. The minimum Gasteiger partial charge on any atom is -0.369 e. The maximum Gasteiger partial charge on any atom is 0.292 e. The predicted octanol–water partition coefficient (Wildman–Crippen LogP) is 0.511. The van der Waals surface area contributed by atoms with Crippen molar-refractivity contribution in [3.63, 3.8) is 0 Å². The third kappa shape index (κ3) is 3.05. The Morgan fingerprint density at radius 2 is 2.00 bits per heavy atom. The number of amides is 1. The van der Waals surface area contributed by atoms with Gasteiger partial charge in [-0.25, -0.2) is 0 Å². The van der Waals surface area contributed by atoms with Gasteiger partial charge in [-0.1, -0.05) is 12.1 Å². The van der Waals surface area contributed by atoms with E-state index in [0.717, 1.165) is 5.56 Å². The van der Waals surface area contributed by atoms with Gasteiger partial charge in [0, 0.05) is 32.2 Å². The molecule has 20 heavy (non-hydrogen) atoms. The molecule has 0 bridgehead atoms. The highest BCUT2D eigenvalue weighted by molar-refractivity contribution is 5.76. The minimum absolute atomic E-state index is 0.133. The maximum absolute atomic E-state index is 11.1. The number of nitrogens with two attached hydrogens (primary N) is 1. The van der Waals surface area contributed by atoms with Crippen LogP contribution in [0.5, 0.6) is 0 Å². The van der Waals surface area contributed by atoms with Crippen molar-refractivity contribution in [3.8, 4) is 0 Å². The number of anilines is 1. The van der Waals surface area contributed by atoms with E-state index in [9.17, 15) is 14.9 Å². The molecule has 2 rings (SSSR count). The van der Waals surface area contributed by atoms with Crippen molar-refractivity contribution in [2.75, 3.05) is 37.6 Å². The molecule has 1 aliphatic heterocycles. The summed E-state index contributed by atoms with van der Waals surface area (Å²) < 4.78 is 0. The number of aryl methyl sites for hydroxylation is 1. The molecule has 0 saturated carbocycles. The number of hydrogen-bond acceptors (Lipinski definition) is 5. The SMILES string of the molecule is Cc1cccc([N+](=O)[O-])c1N1CCN(CC(N)=O)CC1. The first-order chi connectivity index (χ1) is 9.49. The van der Waals surface area contributed by atoms with E-state index in [1.54, 1.807) is 6.07 Å². The first-order valence-corrected chi connectivity index (χ1v) is 6.48. The number of carbonyl (C=O) groups excluding carboxylic acids is 1. The Morgan fingerprint density at radius 3 is 2.55 bits per heavy atom. The van der Waals surface area contributed by atoms with Crippen LogP contribution in [0, 0.1) is 17.0 Å². The molecule has 0 unspecified atom stereocenters. The molecule has 108 valence electrons. The van der Waals surface area contributed by atoms with Gasteiger partial charge in [0.25, 0.3) is 5.69 Å². The maximum atomic E-state index is 11.1. The smallest absolute Gasteiger partial charge is 0.292 e. The van der Waals surface area contributed by atoms with Crippen LogP contribution in [0.2, 0.25) is 0 Å². The summed E-state index contributed by atoms with van der Waals surface area (Å²) in [6.07, 6.45) is 0. The molecule has 2 N–H and O–H groups in total. The molecule has 1 saturated heterocycles. The largest absolute Gasteiger partial charge is 0.369 e. The summed E-state index contributed by atoms with van der Waals surface area (Å²) in [5.41, 5.74) is 6.87. The zero-order chi connectivity index (χ0) is 14.7. The van der Waals surface area contributed by atoms with Crippen molar-refractivity contribution < 1.29 is 9.72 Å². The number of primary amides is 1. The lowest BCUT2D eigenvalue weighted by molar-refractivity contribution is -0.384. The van der Waals surface area contributed by atoms with Crippen molar-refractivity contribution in [1.29, 1.82) is 0 Å². The summed E-state index contributed by atoms with van der Waals surface area (Å²) in [6, 6.07) is 5.09. The topological polar surface area (TPSA) is 92.7 Å². The number of rotatable bonds is 4. The van der Waals surface area contributed by atoms with Crippen molar-refractivity contribution in [2.24, 2.45) is 5.73 Å². The van der Waals surface area contributed by atoms with Gasteiger partial charge in [-0.15, -0.1) is 0 Å². The molecule has 1 aromatic rings. The highest BCUT2D eigenvalue weighted by Gasteiger charge is 2.25. The third-order valence-electron chi connectivity index (χ3n) is 3.48. The molecule has 1 amide bonds. The van der Waals surface area contributed by atoms with Gasteiger partial charge >= 0.3 is 0 Å². The van der Waals surface area contributed by atoms with Gasteiger partial charge in [0.15, 0.2) is 0 Å². The number of nitrogens with zero attached hydrogens (tertiary/aromatic N) is 3. The van der Waals surface area contributed by atoms with Crippen LogP contribution in [0.4, 0.5) is 11.4 Å². The average molecular weight is 278 g/mol. The Hall–Kier alpha value is -2.15. The molecular formula is C13H18N4O3. The van der Waals surface area contributed by atoms with Crippen LogP contribution in [0.1, 0.15) is 5.56 Å². The molecule has 0 aromatic heterocycles. The van der Waals surface area contributed by atoms with Gasteiger partial charge in [-0.2, -0.15) is 0 Å². The van der Waals surface area contributed by atoms with Crippen LogP contribution in [-0.2, 0) is 4.79 Å². The lowest BCUT2D eigenvalue weighted by Gasteiger charge is -2.35. The number of nitro benzene ring substituents is 1. The van der Waals surface area contributed by atoms with Crippen LogP contribution in [0.25, 0.3) is 0 Å². The fourth-order valence-corrected chi connectivity index (χ4v) is 2.55. The first-order valence-electron chi connectivity index (χ1n) is 6.48. The highest BCUT2D eigenvalue weighted by Crippen LogP contribution is 2.32. The monoisotopic (exact) mass is 278 g/mol. The van der Waals surface area contributed by atoms with E-state index in [2.05, 4.69) is 0 Å². The molecule has 0 spiro atoms. The van der Waals surface area contributed by atoms with Gasteiger partial charge in [0.1, 0.15) is 5.69 Å². The van der Waals surface area contributed by atoms with Crippen molar-refractivity contribution >= 4 is 17.3 Å². The fourth-order valence-electron chi connectivity index (χ4n) is 2.55. The van der Waals surface area contributed by atoms with E-state index in [-0.39, 0.29) is 23.1 Å². The summed E-state index contributed by atoms with van der Waals surface area (Å²) >= 11 is 0. The Bertz CT molecular complexity index is 524. The number of para-hydroxylation sites is 1. The molecule has 1 fully saturated rings. The first kappa shape index (κ1) is 14.3. The van der Waals surface area contributed by atoms with Gasteiger partial charge in [0.2, 0.25) is 5.91 Å². The lowest BCUT2D eigenvalue weighted by Crippen LogP contribution is -2.49. The summed E-state index contributed by atoms with van der Waals surface area (Å²) in [6.45, 7) is 4.77. The lowest BCUT2D eigenvalue weighted by atomic mass is 10.1. The molecular weight excluding hydrogens is 260 g/mol. The predicted molar refractivity (Wildman–Crippen MR) is 75.7 cm³/mol. The van der Waals surface area contributed by atoms with Crippen LogP contribution in [0.15, 0.2) is 18.2 Å². The van der Waals surface area contributed by atoms with Gasteiger partial charge in [-0.05, 0) is 12.5 Å². The van der Waals surface area contributed by atoms with E-state index >= 15 is 0 Å². The number of nitro groups is 1. The molecule has 0 aliphatic carbocycles. The van der Waals surface area contributed by atoms with Crippen LogP contribution in [0.3, 0.4) is 0 Å². The standard InChI is InChI=1S/C13H18N4O3/c1-10-3-2-4-11(17(19)20)13(10)16-7-5-15(6-8-16)9-12(14)18/h2-4H,5-9H2,1H3,(H2,14,18). The summed E-state index contributed by atoms with van der Waals surface area (Å²) in [5.74, 6) is -0.347. The zero-order valence-electron chi connectivity index (χ0n) is 11.4. The number of carbonyl (C=O) groups is 1. The van der Waals surface area contributed by atoms with Crippen LogP contribution in [-0.4, -0.2) is 48.5 Å². The van der Waals surface area contributed by atoms with E-state index < -0.39 is 0 Å². The molecule has 1 heterocycles.